The van der Waals surface area contributed by atoms with Crippen LogP contribution in [-0.2, 0) is 4.79 Å². The van der Waals surface area contributed by atoms with E-state index in [1.807, 2.05) is 24.3 Å². The van der Waals surface area contributed by atoms with Gasteiger partial charge >= 0.3 is 0 Å². The molecule has 1 aromatic rings. The molecule has 0 spiro atoms. The lowest BCUT2D eigenvalue weighted by molar-refractivity contribution is -0.113. The molecule has 0 unspecified atom stereocenters. The number of ketones is 1. The Balaban J connectivity index is 2.52. The van der Waals surface area contributed by atoms with E-state index in [-0.39, 0.29) is 5.78 Å². The maximum atomic E-state index is 11.2. The van der Waals surface area contributed by atoms with Gasteiger partial charge in [0.15, 0.2) is 5.78 Å². The first-order chi connectivity index (χ1) is 6.68. The van der Waals surface area contributed by atoms with Crippen molar-refractivity contribution in [2.24, 2.45) is 0 Å². The van der Waals surface area contributed by atoms with Crippen LogP contribution in [0.4, 0.5) is 0 Å². The molecule has 1 heterocycles. The molecule has 0 amide bonds. The Labute approximate surface area is 90.7 Å². The molecule has 0 bridgehead atoms. The summed E-state index contributed by atoms with van der Waals surface area (Å²) in [4.78, 5) is 11.2. The Morgan fingerprint density at radius 3 is 3.00 bits per heavy atom. The molecule has 0 radical (unpaired) electrons. The quantitative estimate of drug-likeness (QED) is 0.769. The minimum absolute atomic E-state index is 0.0615. The SMILES string of the molecule is CC(=O)C1=Cc2c(Br)cccc2OC1. The van der Waals surface area contributed by atoms with Crippen molar-refractivity contribution in [1.29, 1.82) is 0 Å². The first-order valence-electron chi connectivity index (χ1n) is 4.31. The van der Waals surface area contributed by atoms with Gasteiger partial charge in [-0.2, -0.15) is 0 Å². The third kappa shape index (κ3) is 1.60. The molecule has 3 heteroatoms. The van der Waals surface area contributed by atoms with Crippen molar-refractivity contribution in [3.05, 3.63) is 33.8 Å². The van der Waals surface area contributed by atoms with Crippen LogP contribution in [-0.4, -0.2) is 12.4 Å². The van der Waals surface area contributed by atoms with E-state index in [0.717, 1.165) is 15.8 Å². The molecular formula is C11H9BrO2. The van der Waals surface area contributed by atoms with Gasteiger partial charge in [-0.15, -0.1) is 0 Å². The molecule has 14 heavy (non-hydrogen) atoms. The fourth-order valence-electron chi connectivity index (χ4n) is 1.36. The average Bonchev–Trinajstić information content (AvgIpc) is 2.18. The predicted molar refractivity (Wildman–Crippen MR) is 58.3 cm³/mol. The highest BCUT2D eigenvalue weighted by molar-refractivity contribution is 9.10. The summed E-state index contributed by atoms with van der Waals surface area (Å²) in [6.07, 6.45) is 1.88. The van der Waals surface area contributed by atoms with Crippen LogP contribution in [0.1, 0.15) is 12.5 Å². The van der Waals surface area contributed by atoms with Gasteiger partial charge in [0.1, 0.15) is 12.4 Å². The van der Waals surface area contributed by atoms with Crippen LogP contribution >= 0.6 is 15.9 Å². The molecule has 2 rings (SSSR count). The summed E-state index contributed by atoms with van der Waals surface area (Å²) in [5, 5.41) is 0. The van der Waals surface area contributed by atoms with Crippen molar-refractivity contribution < 1.29 is 9.53 Å². The minimum atomic E-state index is 0.0615. The number of fused-ring (bicyclic) bond motifs is 1. The van der Waals surface area contributed by atoms with E-state index < -0.39 is 0 Å². The largest absolute Gasteiger partial charge is 0.488 e. The lowest BCUT2D eigenvalue weighted by Crippen LogP contribution is -2.12. The van der Waals surface area contributed by atoms with E-state index >= 15 is 0 Å². The Bertz CT molecular complexity index is 421. The molecule has 1 aliphatic heterocycles. The van der Waals surface area contributed by atoms with Gasteiger partial charge in [0, 0.05) is 15.6 Å². The summed E-state index contributed by atoms with van der Waals surface area (Å²) in [5.74, 6) is 0.885. The second kappa shape index (κ2) is 3.58. The van der Waals surface area contributed by atoms with Crippen molar-refractivity contribution in [3.8, 4) is 5.75 Å². The van der Waals surface area contributed by atoms with E-state index in [2.05, 4.69) is 15.9 Å². The second-order valence-electron chi connectivity index (χ2n) is 3.17. The monoisotopic (exact) mass is 252 g/mol. The first-order valence-corrected chi connectivity index (χ1v) is 5.10. The van der Waals surface area contributed by atoms with Gasteiger partial charge in [0.2, 0.25) is 0 Å². The zero-order valence-corrected chi connectivity index (χ0v) is 9.30. The van der Waals surface area contributed by atoms with Crippen molar-refractivity contribution in [1.82, 2.24) is 0 Å². The van der Waals surface area contributed by atoms with Crippen LogP contribution in [0, 0.1) is 0 Å². The third-order valence-corrected chi connectivity index (χ3v) is 2.86. The molecule has 2 nitrogen and oxygen atoms in total. The zero-order chi connectivity index (χ0) is 10.1. The number of carbonyl (C=O) groups excluding carboxylic acids is 1. The number of carbonyl (C=O) groups is 1. The standard InChI is InChI=1S/C11H9BrO2/c1-7(13)8-5-9-10(12)3-2-4-11(9)14-6-8/h2-5H,6H2,1H3. The average molecular weight is 253 g/mol. The van der Waals surface area contributed by atoms with Crippen LogP contribution < -0.4 is 4.74 Å². The van der Waals surface area contributed by atoms with Crippen molar-refractivity contribution in [2.75, 3.05) is 6.61 Å². The van der Waals surface area contributed by atoms with Gasteiger partial charge in [-0.3, -0.25) is 4.79 Å². The van der Waals surface area contributed by atoms with E-state index in [9.17, 15) is 4.79 Å². The lowest BCUT2D eigenvalue weighted by Gasteiger charge is -2.17. The van der Waals surface area contributed by atoms with Gasteiger partial charge < -0.3 is 4.74 Å². The Kier molecular flexibility index (Phi) is 2.42. The molecule has 0 fully saturated rings. The maximum absolute atomic E-state index is 11.2. The Hall–Kier alpha value is -1.09. The summed E-state index contributed by atoms with van der Waals surface area (Å²) >= 11 is 3.42. The number of rotatable bonds is 1. The van der Waals surface area contributed by atoms with E-state index in [1.54, 1.807) is 6.92 Å². The first kappa shape index (κ1) is 9.46. The highest BCUT2D eigenvalue weighted by atomic mass is 79.9. The minimum Gasteiger partial charge on any atom is -0.488 e. The van der Waals surface area contributed by atoms with Crippen molar-refractivity contribution in [2.45, 2.75) is 6.92 Å². The van der Waals surface area contributed by atoms with Gasteiger partial charge in [-0.25, -0.2) is 0 Å². The maximum Gasteiger partial charge on any atom is 0.159 e. The summed E-state index contributed by atoms with van der Waals surface area (Å²) in [6.45, 7) is 1.93. The highest BCUT2D eigenvalue weighted by Crippen LogP contribution is 2.32. The Morgan fingerprint density at radius 2 is 2.29 bits per heavy atom. The summed E-state index contributed by atoms with van der Waals surface area (Å²) in [6, 6.07) is 5.74. The summed E-state index contributed by atoms with van der Waals surface area (Å²) in [5.41, 5.74) is 1.66. The van der Waals surface area contributed by atoms with Gasteiger partial charge in [-0.1, -0.05) is 22.0 Å². The summed E-state index contributed by atoms with van der Waals surface area (Å²) in [7, 11) is 0. The van der Waals surface area contributed by atoms with Gasteiger partial charge in [0.05, 0.1) is 0 Å². The van der Waals surface area contributed by atoms with E-state index in [1.165, 1.54) is 0 Å². The molecule has 0 aromatic heterocycles. The molecule has 0 aliphatic carbocycles. The molecule has 0 atom stereocenters. The van der Waals surface area contributed by atoms with Crippen molar-refractivity contribution >= 4 is 27.8 Å². The summed E-state index contributed by atoms with van der Waals surface area (Å²) < 4.78 is 6.41. The number of Topliss-reactive ketones (excluding diaryl/α,β-unsaturated/α-hetero) is 1. The van der Waals surface area contributed by atoms with E-state index in [4.69, 9.17) is 4.74 Å². The van der Waals surface area contributed by atoms with Crippen LogP contribution in [0.3, 0.4) is 0 Å². The lowest BCUT2D eigenvalue weighted by atomic mass is 10.1. The normalized spacial score (nSPS) is 14.0. The molecule has 1 aromatic carbocycles. The second-order valence-corrected chi connectivity index (χ2v) is 4.02. The zero-order valence-electron chi connectivity index (χ0n) is 7.71. The van der Waals surface area contributed by atoms with Gasteiger partial charge in [-0.05, 0) is 25.1 Å². The molecule has 0 N–H and O–H groups in total. The van der Waals surface area contributed by atoms with Crippen LogP contribution in [0.25, 0.3) is 6.08 Å². The molecule has 0 saturated carbocycles. The van der Waals surface area contributed by atoms with E-state index in [0.29, 0.717) is 12.2 Å². The van der Waals surface area contributed by atoms with Gasteiger partial charge in [0.25, 0.3) is 0 Å². The van der Waals surface area contributed by atoms with Crippen LogP contribution in [0.15, 0.2) is 28.2 Å². The predicted octanol–water partition coefficient (Wildman–Crippen LogP) is 2.81. The molecule has 0 saturated heterocycles. The molecule has 1 aliphatic rings. The number of halogens is 1. The van der Waals surface area contributed by atoms with Crippen molar-refractivity contribution in [3.63, 3.8) is 0 Å². The van der Waals surface area contributed by atoms with Crippen LogP contribution in [0.2, 0.25) is 0 Å². The number of hydrogen-bond acceptors (Lipinski definition) is 2. The number of hydrogen-bond donors (Lipinski definition) is 0. The smallest absolute Gasteiger partial charge is 0.159 e. The third-order valence-electron chi connectivity index (χ3n) is 2.17. The fraction of sp³-hybridized carbons (Fsp3) is 0.182. The molecule has 72 valence electrons. The topological polar surface area (TPSA) is 26.3 Å². The highest BCUT2D eigenvalue weighted by Gasteiger charge is 2.15. The fourth-order valence-corrected chi connectivity index (χ4v) is 1.82. The Morgan fingerprint density at radius 1 is 1.50 bits per heavy atom. The number of ether oxygens (including phenoxy) is 1. The molecular weight excluding hydrogens is 244 g/mol. The van der Waals surface area contributed by atoms with Crippen LogP contribution in [0.5, 0.6) is 5.75 Å². The number of benzene rings is 1.